The van der Waals surface area contributed by atoms with Crippen molar-refractivity contribution in [2.24, 2.45) is 0 Å². The summed E-state index contributed by atoms with van der Waals surface area (Å²) in [4.78, 5) is 10.5. The van der Waals surface area contributed by atoms with Crippen LogP contribution in [-0.2, 0) is 4.79 Å². The molecule has 0 aromatic rings. The molecule has 0 bridgehead atoms. The molecule has 0 unspecified atom stereocenters. The second-order valence-corrected chi connectivity index (χ2v) is 2.17. The number of rotatable bonds is 4. The Bertz CT molecular complexity index is 146. The van der Waals surface area contributed by atoms with Gasteiger partial charge in [0.1, 0.15) is 0 Å². The quantitative estimate of drug-likeness (QED) is 0.496. The molecule has 0 saturated heterocycles. The molecule has 2 N–H and O–H groups in total. The van der Waals surface area contributed by atoms with Gasteiger partial charge in [0.2, 0.25) is 5.91 Å². The van der Waals surface area contributed by atoms with E-state index in [1.54, 1.807) is 6.92 Å². The van der Waals surface area contributed by atoms with Crippen molar-refractivity contribution >= 4 is 5.91 Å². The number of halogens is 3. The van der Waals surface area contributed by atoms with Crippen molar-refractivity contribution in [3.8, 4) is 0 Å². The fourth-order valence-electron chi connectivity index (χ4n) is 0.490. The molecule has 0 saturated carbocycles. The molecule has 0 rings (SSSR count). The van der Waals surface area contributed by atoms with Gasteiger partial charge in [-0.2, -0.15) is 13.2 Å². The summed E-state index contributed by atoms with van der Waals surface area (Å²) in [5.74, 6) is -0.273. The summed E-state index contributed by atoms with van der Waals surface area (Å²) in [6, 6.07) is 0. The molecule has 0 aromatic heterocycles. The molecule has 0 aliphatic carbocycles. The molecule has 0 aliphatic rings. The van der Waals surface area contributed by atoms with E-state index in [0.29, 0.717) is 0 Å². The number of amides is 1. The first kappa shape index (κ1) is 11.2. The van der Waals surface area contributed by atoms with E-state index in [9.17, 15) is 18.0 Å². The molecule has 72 valence electrons. The van der Waals surface area contributed by atoms with Crippen molar-refractivity contribution in [3.63, 3.8) is 0 Å². The van der Waals surface area contributed by atoms with Crippen LogP contribution in [0.3, 0.4) is 0 Å². The Morgan fingerprint density at radius 1 is 1.42 bits per heavy atom. The van der Waals surface area contributed by atoms with E-state index in [-0.39, 0.29) is 19.0 Å². The summed E-state index contributed by atoms with van der Waals surface area (Å²) in [5, 5.41) is 4.29. The Balaban J connectivity index is 3.28. The van der Waals surface area contributed by atoms with Crippen LogP contribution in [0.4, 0.5) is 13.2 Å². The van der Waals surface area contributed by atoms with Crippen molar-refractivity contribution in [2.45, 2.75) is 19.5 Å². The van der Waals surface area contributed by atoms with E-state index in [1.165, 1.54) is 0 Å². The second kappa shape index (κ2) is 4.97. The summed E-state index contributed by atoms with van der Waals surface area (Å²) >= 11 is 0. The maximum absolute atomic E-state index is 11.5. The third-order valence-electron chi connectivity index (χ3n) is 1.06. The molecule has 6 heteroatoms. The highest BCUT2D eigenvalue weighted by Gasteiger charge is 2.25. The molecule has 0 fully saturated rings. The predicted molar refractivity (Wildman–Crippen MR) is 37.4 cm³/mol. The molecule has 0 spiro atoms. The van der Waals surface area contributed by atoms with Crippen LogP contribution in [0.2, 0.25) is 0 Å². The molecule has 0 aromatic carbocycles. The second-order valence-electron chi connectivity index (χ2n) is 2.17. The normalized spacial score (nSPS) is 11.3. The third-order valence-corrected chi connectivity index (χ3v) is 1.06. The van der Waals surface area contributed by atoms with Gasteiger partial charge in [0.15, 0.2) is 0 Å². The largest absolute Gasteiger partial charge is 0.401 e. The fraction of sp³-hybridized carbons (Fsp3) is 0.833. The van der Waals surface area contributed by atoms with Gasteiger partial charge in [-0.3, -0.25) is 10.1 Å². The summed E-state index contributed by atoms with van der Waals surface area (Å²) in [5.41, 5.74) is 0. The van der Waals surface area contributed by atoms with Gasteiger partial charge in [0.05, 0.1) is 13.2 Å². The first-order valence-electron chi connectivity index (χ1n) is 3.50. The molecule has 0 radical (unpaired) electrons. The van der Waals surface area contributed by atoms with Crippen molar-refractivity contribution in [1.82, 2.24) is 10.6 Å². The Morgan fingerprint density at radius 3 is 2.42 bits per heavy atom. The lowest BCUT2D eigenvalue weighted by Crippen LogP contribution is -2.38. The Morgan fingerprint density at radius 2 is 2.00 bits per heavy atom. The highest BCUT2D eigenvalue weighted by atomic mass is 19.4. The van der Waals surface area contributed by atoms with Crippen LogP contribution in [0.25, 0.3) is 0 Å². The van der Waals surface area contributed by atoms with E-state index < -0.39 is 12.7 Å². The molecule has 0 aliphatic heterocycles. The summed E-state index contributed by atoms with van der Waals surface area (Å²) in [6.07, 6.45) is -3.95. The zero-order chi connectivity index (χ0) is 9.61. The number of nitrogens with one attached hydrogen (secondary N) is 2. The summed E-state index contributed by atoms with van der Waals surface area (Å²) in [6.45, 7) is 0.391. The minimum absolute atomic E-state index is 0.147. The van der Waals surface area contributed by atoms with E-state index in [0.717, 1.165) is 0 Å². The number of hydrogen-bond acceptors (Lipinski definition) is 2. The average Bonchev–Trinajstić information content (AvgIpc) is 1.96. The van der Waals surface area contributed by atoms with Crippen LogP contribution >= 0.6 is 0 Å². The molecule has 0 atom stereocenters. The molecular formula is C6H11F3N2O. The van der Waals surface area contributed by atoms with Gasteiger partial charge < -0.3 is 5.32 Å². The van der Waals surface area contributed by atoms with Crippen LogP contribution < -0.4 is 10.6 Å². The molecule has 0 heterocycles. The van der Waals surface area contributed by atoms with Crippen LogP contribution in [0, 0.1) is 0 Å². The third kappa shape index (κ3) is 7.33. The predicted octanol–water partition coefficient (Wildman–Crippen LogP) is 0.622. The summed E-state index contributed by atoms with van der Waals surface area (Å²) in [7, 11) is 0. The van der Waals surface area contributed by atoms with Gasteiger partial charge in [-0.05, 0) is 0 Å². The Hall–Kier alpha value is -0.780. The van der Waals surface area contributed by atoms with Crippen molar-refractivity contribution in [2.75, 3.05) is 13.2 Å². The maximum Gasteiger partial charge on any atom is 0.401 e. The van der Waals surface area contributed by atoms with Crippen molar-refractivity contribution in [3.05, 3.63) is 0 Å². The van der Waals surface area contributed by atoms with E-state index in [2.05, 4.69) is 5.32 Å². The topological polar surface area (TPSA) is 41.1 Å². The first-order chi connectivity index (χ1) is 5.45. The van der Waals surface area contributed by atoms with E-state index in [1.807, 2.05) is 5.32 Å². The van der Waals surface area contributed by atoms with E-state index >= 15 is 0 Å². The average molecular weight is 184 g/mol. The van der Waals surface area contributed by atoms with Crippen molar-refractivity contribution in [1.29, 1.82) is 0 Å². The zero-order valence-electron chi connectivity index (χ0n) is 6.66. The van der Waals surface area contributed by atoms with Gasteiger partial charge in [-0.15, -0.1) is 0 Å². The molecular weight excluding hydrogens is 173 g/mol. The smallest absolute Gasteiger partial charge is 0.344 e. The molecule has 1 amide bonds. The Kier molecular flexibility index (Phi) is 4.65. The number of alkyl halides is 3. The van der Waals surface area contributed by atoms with Crippen LogP contribution in [0.5, 0.6) is 0 Å². The minimum Gasteiger partial charge on any atom is -0.344 e. The molecule has 3 nitrogen and oxygen atoms in total. The lowest BCUT2D eigenvalue weighted by Gasteiger charge is -2.08. The van der Waals surface area contributed by atoms with Crippen LogP contribution in [0.1, 0.15) is 13.3 Å². The number of hydrogen-bond donors (Lipinski definition) is 2. The van der Waals surface area contributed by atoms with Gasteiger partial charge >= 0.3 is 6.18 Å². The molecule has 12 heavy (non-hydrogen) atoms. The Labute approximate surface area is 68.3 Å². The van der Waals surface area contributed by atoms with Crippen LogP contribution in [0.15, 0.2) is 0 Å². The van der Waals surface area contributed by atoms with Gasteiger partial charge in [-0.1, -0.05) is 6.92 Å². The van der Waals surface area contributed by atoms with Gasteiger partial charge in [0, 0.05) is 6.42 Å². The highest BCUT2D eigenvalue weighted by Crippen LogP contribution is 2.11. The monoisotopic (exact) mass is 184 g/mol. The van der Waals surface area contributed by atoms with Crippen LogP contribution in [-0.4, -0.2) is 25.3 Å². The first-order valence-corrected chi connectivity index (χ1v) is 3.50. The lowest BCUT2D eigenvalue weighted by molar-refractivity contribution is -0.127. The SMILES string of the molecule is CCC(=O)NCNCC(F)(F)F. The standard InChI is InChI=1S/C6H11F3N2O/c1-2-5(12)11-4-10-3-6(7,8)9/h10H,2-4H2,1H3,(H,11,12). The maximum atomic E-state index is 11.5. The lowest BCUT2D eigenvalue weighted by atomic mass is 10.5. The number of carbonyl (C=O) groups is 1. The van der Waals surface area contributed by atoms with E-state index in [4.69, 9.17) is 0 Å². The van der Waals surface area contributed by atoms with Crippen molar-refractivity contribution < 1.29 is 18.0 Å². The summed E-state index contributed by atoms with van der Waals surface area (Å²) < 4.78 is 34.5. The van der Waals surface area contributed by atoms with Gasteiger partial charge in [-0.25, -0.2) is 0 Å². The zero-order valence-corrected chi connectivity index (χ0v) is 6.66. The highest BCUT2D eigenvalue weighted by molar-refractivity contribution is 5.75. The fourth-order valence-corrected chi connectivity index (χ4v) is 0.490. The number of carbonyl (C=O) groups excluding carboxylic acids is 1. The van der Waals surface area contributed by atoms with Gasteiger partial charge in [0.25, 0.3) is 0 Å². The minimum atomic E-state index is -4.23.